The van der Waals surface area contributed by atoms with E-state index in [2.05, 4.69) is 4.99 Å². The molecule has 0 saturated heterocycles. The second kappa shape index (κ2) is 6.11. The highest BCUT2D eigenvalue weighted by molar-refractivity contribution is 6.35. The number of carbonyl (C=O) groups is 1. The van der Waals surface area contributed by atoms with Crippen LogP contribution in [0.1, 0.15) is 18.9 Å². The Balaban J connectivity index is 2.17. The Kier molecular flexibility index (Phi) is 4.19. The molecule has 0 radical (unpaired) electrons. The van der Waals surface area contributed by atoms with Crippen molar-refractivity contribution in [1.29, 1.82) is 0 Å². The third kappa shape index (κ3) is 2.74. The number of hydrogen-bond acceptors (Lipinski definition) is 2. The lowest BCUT2D eigenvalue weighted by Crippen LogP contribution is -2.31. The molecule has 5 heteroatoms. The van der Waals surface area contributed by atoms with Crippen LogP contribution in [-0.2, 0) is 4.79 Å². The van der Waals surface area contributed by atoms with Gasteiger partial charge in [-0.15, -0.1) is 0 Å². The van der Waals surface area contributed by atoms with Crippen LogP contribution in [0, 0.1) is 0 Å². The summed E-state index contributed by atoms with van der Waals surface area (Å²) >= 11 is 12.3. The number of rotatable bonds is 2. The second-order valence-electron chi connectivity index (χ2n) is 4.99. The Morgan fingerprint density at radius 2 is 1.95 bits per heavy atom. The molecule has 1 aliphatic heterocycles. The number of anilines is 1. The van der Waals surface area contributed by atoms with Gasteiger partial charge in [-0.2, -0.15) is 0 Å². The minimum atomic E-state index is -0.0119. The van der Waals surface area contributed by atoms with E-state index in [4.69, 9.17) is 23.2 Å². The van der Waals surface area contributed by atoms with Gasteiger partial charge in [0.25, 0.3) is 0 Å². The van der Waals surface area contributed by atoms with E-state index in [1.807, 2.05) is 31.2 Å². The smallest absolute Gasteiger partial charge is 0.233 e. The molecular weight excluding hydrogens is 319 g/mol. The molecule has 1 heterocycles. The summed E-state index contributed by atoms with van der Waals surface area (Å²) in [6.45, 7) is 2.50. The zero-order valence-electron chi connectivity index (χ0n) is 12.0. The number of benzene rings is 2. The predicted octanol–water partition coefficient (Wildman–Crippen LogP) is 4.87. The zero-order chi connectivity index (χ0) is 15.7. The molecule has 0 unspecified atom stereocenters. The summed E-state index contributed by atoms with van der Waals surface area (Å²) < 4.78 is 0. The van der Waals surface area contributed by atoms with E-state index in [0.717, 1.165) is 16.9 Å². The maximum absolute atomic E-state index is 12.6. The quantitative estimate of drug-likeness (QED) is 0.772. The molecule has 2 aromatic carbocycles. The maximum Gasteiger partial charge on any atom is 0.233 e. The van der Waals surface area contributed by atoms with Gasteiger partial charge in [-0.05, 0) is 31.2 Å². The van der Waals surface area contributed by atoms with Crippen LogP contribution in [-0.4, -0.2) is 18.2 Å². The van der Waals surface area contributed by atoms with Gasteiger partial charge >= 0.3 is 0 Å². The number of carbonyl (C=O) groups excluding carboxylic acids is 1. The first-order valence-electron chi connectivity index (χ1n) is 7.02. The highest BCUT2D eigenvalue weighted by Gasteiger charge is 2.24. The lowest BCUT2D eigenvalue weighted by molar-refractivity contribution is -0.117. The van der Waals surface area contributed by atoms with Crippen molar-refractivity contribution in [2.75, 3.05) is 11.4 Å². The summed E-state index contributed by atoms with van der Waals surface area (Å²) in [5.41, 5.74) is 2.93. The van der Waals surface area contributed by atoms with E-state index in [-0.39, 0.29) is 12.3 Å². The molecule has 1 amide bonds. The standard InChI is InChI=1S/C17H14Cl2N2O/c1-2-21-16-9-11(18)7-8-14(16)20-15(10-17(21)22)12-5-3-4-6-13(12)19/h3-9H,2,10H2,1H3. The fourth-order valence-electron chi connectivity index (χ4n) is 2.56. The van der Waals surface area contributed by atoms with Crippen LogP contribution in [0.4, 0.5) is 11.4 Å². The first kappa shape index (κ1) is 15.1. The number of nitrogens with zero attached hydrogens (tertiary/aromatic N) is 2. The van der Waals surface area contributed by atoms with E-state index in [9.17, 15) is 4.79 Å². The fourth-order valence-corrected chi connectivity index (χ4v) is 2.97. The third-order valence-electron chi connectivity index (χ3n) is 3.60. The molecule has 112 valence electrons. The number of amides is 1. The van der Waals surface area contributed by atoms with Crippen LogP contribution in [0.5, 0.6) is 0 Å². The van der Waals surface area contributed by atoms with Crippen LogP contribution in [0.3, 0.4) is 0 Å². The van der Waals surface area contributed by atoms with Gasteiger partial charge in [-0.3, -0.25) is 9.79 Å². The Labute approximate surface area is 139 Å². The van der Waals surface area contributed by atoms with Crippen molar-refractivity contribution >= 4 is 46.2 Å². The largest absolute Gasteiger partial charge is 0.310 e. The Morgan fingerprint density at radius 1 is 1.18 bits per heavy atom. The van der Waals surface area contributed by atoms with Crippen molar-refractivity contribution in [2.45, 2.75) is 13.3 Å². The Bertz CT molecular complexity index is 771. The Morgan fingerprint density at radius 3 is 2.68 bits per heavy atom. The van der Waals surface area contributed by atoms with E-state index in [0.29, 0.717) is 22.3 Å². The average molecular weight is 333 g/mol. The van der Waals surface area contributed by atoms with Crippen molar-refractivity contribution in [3.63, 3.8) is 0 Å². The fraction of sp³-hybridized carbons (Fsp3) is 0.176. The highest BCUT2D eigenvalue weighted by Crippen LogP contribution is 2.35. The average Bonchev–Trinajstić information content (AvgIpc) is 2.63. The summed E-state index contributed by atoms with van der Waals surface area (Å²) in [5, 5.41) is 1.18. The van der Waals surface area contributed by atoms with E-state index >= 15 is 0 Å². The van der Waals surface area contributed by atoms with Gasteiger partial charge in [0.05, 0.1) is 23.5 Å². The highest BCUT2D eigenvalue weighted by atomic mass is 35.5. The van der Waals surface area contributed by atoms with Crippen molar-refractivity contribution in [2.24, 2.45) is 4.99 Å². The molecule has 0 N–H and O–H groups in total. The minimum Gasteiger partial charge on any atom is -0.310 e. The summed E-state index contributed by atoms with van der Waals surface area (Å²) in [6.07, 6.45) is 0.212. The molecule has 2 aromatic rings. The summed E-state index contributed by atoms with van der Waals surface area (Å²) in [4.78, 5) is 18.9. The van der Waals surface area contributed by atoms with Gasteiger partial charge in [0.1, 0.15) is 0 Å². The topological polar surface area (TPSA) is 32.7 Å². The zero-order valence-corrected chi connectivity index (χ0v) is 13.5. The summed E-state index contributed by atoms with van der Waals surface area (Å²) in [7, 11) is 0. The monoisotopic (exact) mass is 332 g/mol. The van der Waals surface area contributed by atoms with Gasteiger partial charge < -0.3 is 4.90 Å². The maximum atomic E-state index is 12.6. The van der Waals surface area contributed by atoms with Crippen molar-refractivity contribution in [3.8, 4) is 0 Å². The molecule has 0 bridgehead atoms. The molecule has 0 aliphatic carbocycles. The number of hydrogen-bond donors (Lipinski definition) is 0. The first-order chi connectivity index (χ1) is 10.6. The molecule has 0 spiro atoms. The third-order valence-corrected chi connectivity index (χ3v) is 4.17. The van der Waals surface area contributed by atoms with Gasteiger partial charge in [-0.1, -0.05) is 41.4 Å². The summed E-state index contributed by atoms with van der Waals surface area (Å²) in [5.74, 6) is -0.0119. The molecule has 0 aromatic heterocycles. The molecule has 0 atom stereocenters. The van der Waals surface area contributed by atoms with Gasteiger partial charge in [0.2, 0.25) is 5.91 Å². The van der Waals surface area contributed by atoms with E-state index in [1.54, 1.807) is 23.1 Å². The van der Waals surface area contributed by atoms with Gasteiger partial charge in [0, 0.05) is 22.2 Å². The first-order valence-corrected chi connectivity index (χ1v) is 7.78. The normalized spacial score (nSPS) is 14.4. The minimum absolute atomic E-state index is 0.0119. The van der Waals surface area contributed by atoms with E-state index < -0.39 is 0 Å². The van der Waals surface area contributed by atoms with Crippen molar-refractivity contribution < 1.29 is 4.79 Å². The molecule has 22 heavy (non-hydrogen) atoms. The van der Waals surface area contributed by atoms with Crippen LogP contribution in [0.25, 0.3) is 0 Å². The van der Waals surface area contributed by atoms with Crippen LogP contribution >= 0.6 is 23.2 Å². The SMILES string of the molecule is CCN1C(=O)CC(c2ccccc2Cl)=Nc2ccc(Cl)cc21. The molecule has 3 rings (SSSR count). The van der Waals surface area contributed by atoms with Crippen LogP contribution in [0.2, 0.25) is 10.0 Å². The lowest BCUT2D eigenvalue weighted by atomic mass is 10.1. The van der Waals surface area contributed by atoms with E-state index in [1.165, 1.54) is 0 Å². The van der Waals surface area contributed by atoms with Gasteiger partial charge in [-0.25, -0.2) is 0 Å². The van der Waals surface area contributed by atoms with Crippen LogP contribution < -0.4 is 4.90 Å². The number of fused-ring (bicyclic) bond motifs is 1. The molecule has 3 nitrogen and oxygen atoms in total. The predicted molar refractivity (Wildman–Crippen MR) is 91.7 cm³/mol. The lowest BCUT2D eigenvalue weighted by Gasteiger charge is -2.20. The second-order valence-corrected chi connectivity index (χ2v) is 5.83. The number of aliphatic imine (C=N–C) groups is 1. The molecule has 0 saturated carbocycles. The van der Waals surface area contributed by atoms with Crippen molar-refractivity contribution in [1.82, 2.24) is 0 Å². The molecule has 1 aliphatic rings. The number of halogens is 2. The molecule has 0 fully saturated rings. The van der Waals surface area contributed by atoms with Crippen LogP contribution in [0.15, 0.2) is 47.5 Å². The molecular formula is C17H14Cl2N2O. The van der Waals surface area contributed by atoms with Gasteiger partial charge in [0.15, 0.2) is 0 Å². The van der Waals surface area contributed by atoms with Crippen molar-refractivity contribution in [3.05, 3.63) is 58.1 Å². The summed E-state index contributed by atoms with van der Waals surface area (Å²) in [6, 6.07) is 12.8. The Hall–Kier alpha value is -1.84.